The summed E-state index contributed by atoms with van der Waals surface area (Å²) in [5.74, 6) is -0.656. The van der Waals surface area contributed by atoms with Crippen molar-refractivity contribution in [1.82, 2.24) is 4.89 Å². The van der Waals surface area contributed by atoms with Crippen molar-refractivity contribution in [1.29, 1.82) is 0 Å². The summed E-state index contributed by atoms with van der Waals surface area (Å²) in [5.41, 5.74) is -0.193. The number of sulfonamides is 1. The predicted molar refractivity (Wildman–Crippen MR) is 76.1 cm³/mol. The van der Waals surface area contributed by atoms with Crippen molar-refractivity contribution in [2.75, 3.05) is 6.61 Å². The van der Waals surface area contributed by atoms with Crippen molar-refractivity contribution >= 4 is 16.0 Å². The number of carboxylic acid groups (broad SMARTS) is 1. The maximum atomic E-state index is 12.0. The molecule has 0 aliphatic heterocycles. The number of benzene rings is 1. The van der Waals surface area contributed by atoms with E-state index in [9.17, 15) is 18.3 Å². The first-order chi connectivity index (χ1) is 9.78. The Morgan fingerprint density at radius 2 is 1.90 bits per heavy atom. The second-order valence-electron chi connectivity index (χ2n) is 5.70. The van der Waals surface area contributed by atoms with Gasteiger partial charge < -0.3 is 5.11 Å². The van der Waals surface area contributed by atoms with Crippen LogP contribution in [0, 0.1) is 5.92 Å². The number of rotatable bonds is 7. The molecule has 1 fully saturated rings. The van der Waals surface area contributed by atoms with Crippen molar-refractivity contribution in [2.24, 2.45) is 5.92 Å². The van der Waals surface area contributed by atoms with E-state index >= 15 is 0 Å². The summed E-state index contributed by atoms with van der Waals surface area (Å²) in [4.78, 5) is 18.3. The number of carbonyl (C=O) groups is 1. The van der Waals surface area contributed by atoms with Crippen LogP contribution in [0.25, 0.3) is 0 Å². The van der Waals surface area contributed by atoms with Crippen molar-refractivity contribution in [3.63, 3.8) is 0 Å². The summed E-state index contributed by atoms with van der Waals surface area (Å²) in [6, 6.07) is 5.91. The minimum Gasteiger partial charge on any atom is -0.481 e. The van der Waals surface area contributed by atoms with Crippen LogP contribution >= 0.6 is 0 Å². The summed E-state index contributed by atoms with van der Waals surface area (Å²) in [6.45, 7) is 4.09. The molecule has 1 aromatic carbocycles. The van der Waals surface area contributed by atoms with Crippen LogP contribution in [0.3, 0.4) is 0 Å². The highest BCUT2D eigenvalue weighted by atomic mass is 32.2. The van der Waals surface area contributed by atoms with Gasteiger partial charge in [-0.05, 0) is 36.5 Å². The molecule has 0 bridgehead atoms. The van der Waals surface area contributed by atoms with Gasteiger partial charge in [-0.1, -0.05) is 30.9 Å². The summed E-state index contributed by atoms with van der Waals surface area (Å²) in [6.07, 6.45) is 1.17. The topological polar surface area (TPSA) is 92.7 Å². The lowest BCUT2D eigenvalue weighted by Crippen LogP contribution is -2.26. The van der Waals surface area contributed by atoms with Gasteiger partial charge in [-0.15, -0.1) is 0 Å². The van der Waals surface area contributed by atoms with Gasteiger partial charge >= 0.3 is 5.97 Å². The lowest BCUT2D eigenvalue weighted by Gasteiger charge is -2.12. The molecule has 0 heterocycles. The first-order valence-electron chi connectivity index (χ1n) is 6.75. The van der Waals surface area contributed by atoms with Crippen LogP contribution in [0.2, 0.25) is 0 Å². The van der Waals surface area contributed by atoms with E-state index in [4.69, 9.17) is 4.84 Å². The molecule has 1 aliphatic carbocycles. The Morgan fingerprint density at radius 3 is 2.33 bits per heavy atom. The zero-order chi connectivity index (χ0) is 15.7. The van der Waals surface area contributed by atoms with Gasteiger partial charge in [0.15, 0.2) is 0 Å². The maximum Gasteiger partial charge on any atom is 0.314 e. The first kappa shape index (κ1) is 15.9. The SMILES string of the molecule is CC(C)CONS(=O)(=O)c1ccc(C2(C(=O)O)CC2)cc1. The van der Waals surface area contributed by atoms with Gasteiger partial charge in [0.1, 0.15) is 0 Å². The third-order valence-corrected chi connectivity index (χ3v) is 4.69. The number of nitrogens with one attached hydrogen (secondary N) is 1. The normalized spacial score (nSPS) is 16.9. The number of aliphatic carboxylic acids is 1. The summed E-state index contributed by atoms with van der Waals surface area (Å²) in [7, 11) is -3.74. The van der Waals surface area contributed by atoms with Gasteiger partial charge in [0, 0.05) is 0 Å². The molecule has 0 spiro atoms. The Balaban J connectivity index is 2.10. The van der Waals surface area contributed by atoms with Crippen LogP contribution in [-0.2, 0) is 25.1 Å². The molecule has 1 aliphatic rings. The highest BCUT2D eigenvalue weighted by molar-refractivity contribution is 7.89. The van der Waals surface area contributed by atoms with Crippen molar-refractivity contribution in [3.05, 3.63) is 29.8 Å². The van der Waals surface area contributed by atoms with E-state index in [1.54, 1.807) is 12.1 Å². The molecular weight excluding hydrogens is 294 g/mol. The number of carboxylic acids is 1. The summed E-state index contributed by atoms with van der Waals surface area (Å²) in [5, 5.41) is 9.20. The zero-order valence-electron chi connectivity index (χ0n) is 12.0. The molecule has 7 heteroatoms. The van der Waals surface area contributed by atoms with Gasteiger partial charge in [0.2, 0.25) is 0 Å². The molecule has 2 N–H and O–H groups in total. The van der Waals surface area contributed by atoms with Crippen LogP contribution < -0.4 is 4.89 Å². The standard InChI is InChI=1S/C14H19NO5S/c1-10(2)9-20-15-21(18,19)12-5-3-11(4-6-12)14(7-8-14)13(16)17/h3-6,10,15H,7-9H2,1-2H3,(H,16,17). The van der Waals surface area contributed by atoms with Crippen LogP contribution in [0.4, 0.5) is 0 Å². The lowest BCUT2D eigenvalue weighted by molar-refractivity contribution is -0.140. The molecule has 0 amide bonds. The second-order valence-corrected chi connectivity index (χ2v) is 7.35. The molecule has 0 unspecified atom stereocenters. The van der Waals surface area contributed by atoms with E-state index in [-0.39, 0.29) is 17.4 Å². The number of hydrogen-bond donors (Lipinski definition) is 2. The van der Waals surface area contributed by atoms with E-state index < -0.39 is 21.4 Å². The van der Waals surface area contributed by atoms with Gasteiger partial charge in [-0.25, -0.2) is 8.42 Å². The second kappa shape index (κ2) is 5.75. The fourth-order valence-corrected chi connectivity index (χ4v) is 2.84. The zero-order valence-corrected chi connectivity index (χ0v) is 12.8. The average molecular weight is 313 g/mol. The van der Waals surface area contributed by atoms with Crippen LogP contribution in [-0.4, -0.2) is 26.1 Å². The maximum absolute atomic E-state index is 12.0. The highest BCUT2D eigenvalue weighted by Gasteiger charge is 2.51. The van der Waals surface area contributed by atoms with Gasteiger partial charge in [0.05, 0.1) is 16.9 Å². The molecule has 0 atom stereocenters. The van der Waals surface area contributed by atoms with Gasteiger partial charge in [-0.3, -0.25) is 9.63 Å². The van der Waals surface area contributed by atoms with Gasteiger partial charge in [-0.2, -0.15) is 0 Å². The predicted octanol–water partition coefficient (Wildman–Crippen LogP) is 1.67. The fourth-order valence-electron chi connectivity index (χ4n) is 2.03. The Bertz CT molecular complexity index is 617. The molecular formula is C14H19NO5S. The van der Waals surface area contributed by atoms with Gasteiger partial charge in [0.25, 0.3) is 10.0 Å². The Hall–Kier alpha value is -1.44. The molecule has 0 saturated heterocycles. The largest absolute Gasteiger partial charge is 0.481 e. The lowest BCUT2D eigenvalue weighted by atomic mass is 9.96. The Kier molecular flexibility index (Phi) is 4.36. The Labute approximate surface area is 124 Å². The summed E-state index contributed by atoms with van der Waals surface area (Å²) < 4.78 is 23.9. The van der Waals surface area contributed by atoms with Crippen molar-refractivity contribution in [2.45, 2.75) is 37.0 Å². The molecule has 0 radical (unpaired) electrons. The molecule has 2 rings (SSSR count). The molecule has 116 valence electrons. The first-order valence-corrected chi connectivity index (χ1v) is 8.24. The molecule has 0 aromatic heterocycles. The van der Waals surface area contributed by atoms with E-state index in [2.05, 4.69) is 4.89 Å². The third-order valence-electron chi connectivity index (χ3n) is 3.46. The van der Waals surface area contributed by atoms with Crippen LogP contribution in [0.5, 0.6) is 0 Å². The van der Waals surface area contributed by atoms with E-state index in [1.165, 1.54) is 12.1 Å². The minimum atomic E-state index is -3.74. The van der Waals surface area contributed by atoms with Crippen molar-refractivity contribution in [3.8, 4) is 0 Å². The molecule has 1 saturated carbocycles. The number of hydrogen-bond acceptors (Lipinski definition) is 4. The average Bonchev–Trinajstić information content (AvgIpc) is 3.19. The van der Waals surface area contributed by atoms with E-state index in [0.717, 1.165) is 0 Å². The highest BCUT2D eigenvalue weighted by Crippen LogP contribution is 2.48. The van der Waals surface area contributed by atoms with E-state index in [1.807, 2.05) is 13.8 Å². The van der Waals surface area contributed by atoms with Crippen molar-refractivity contribution < 1.29 is 23.2 Å². The fraction of sp³-hybridized carbons (Fsp3) is 0.500. The molecule has 21 heavy (non-hydrogen) atoms. The minimum absolute atomic E-state index is 0.0520. The third kappa shape index (κ3) is 3.42. The van der Waals surface area contributed by atoms with Crippen LogP contribution in [0.1, 0.15) is 32.3 Å². The molecule has 1 aromatic rings. The molecule has 6 nitrogen and oxygen atoms in total. The summed E-state index contributed by atoms with van der Waals surface area (Å²) >= 11 is 0. The van der Waals surface area contributed by atoms with E-state index in [0.29, 0.717) is 18.4 Å². The smallest absolute Gasteiger partial charge is 0.314 e. The quantitative estimate of drug-likeness (QED) is 0.747. The van der Waals surface area contributed by atoms with Crippen LogP contribution in [0.15, 0.2) is 29.2 Å². The monoisotopic (exact) mass is 313 g/mol. The Morgan fingerprint density at radius 1 is 1.33 bits per heavy atom.